The summed E-state index contributed by atoms with van der Waals surface area (Å²) in [6.07, 6.45) is 7.16. The van der Waals surface area contributed by atoms with Gasteiger partial charge in [0.05, 0.1) is 12.2 Å². The zero-order valence-corrected chi connectivity index (χ0v) is 13.4. The van der Waals surface area contributed by atoms with Crippen LogP contribution in [0.1, 0.15) is 73.1 Å². The van der Waals surface area contributed by atoms with Gasteiger partial charge in [0.1, 0.15) is 0 Å². The molecule has 3 heteroatoms. The molecule has 4 atom stereocenters. The summed E-state index contributed by atoms with van der Waals surface area (Å²) in [4.78, 5) is 14.7. The van der Waals surface area contributed by atoms with E-state index in [9.17, 15) is 4.79 Å². The Morgan fingerprint density at radius 1 is 1.21 bits per heavy atom. The van der Waals surface area contributed by atoms with E-state index >= 15 is 0 Å². The molecule has 0 aliphatic carbocycles. The summed E-state index contributed by atoms with van der Waals surface area (Å²) in [5.74, 6) is 0.750. The maximum atomic E-state index is 12.6. The maximum absolute atomic E-state index is 12.6. The molecular formula is C16H32N2O. The van der Waals surface area contributed by atoms with E-state index in [0.29, 0.717) is 17.9 Å². The van der Waals surface area contributed by atoms with E-state index in [-0.39, 0.29) is 12.2 Å². The van der Waals surface area contributed by atoms with Crippen LogP contribution in [-0.4, -0.2) is 29.1 Å². The van der Waals surface area contributed by atoms with Gasteiger partial charge in [-0.3, -0.25) is 10.1 Å². The Bertz CT molecular complexity index is 280. The Kier molecular flexibility index (Phi) is 6.84. The molecule has 1 fully saturated rings. The second-order valence-electron chi connectivity index (χ2n) is 6.04. The highest BCUT2D eigenvalue weighted by molar-refractivity contribution is 5.84. The largest absolute Gasteiger partial charge is 0.323 e. The molecule has 3 nitrogen and oxygen atoms in total. The number of carbonyl (C=O) groups excluding carboxylic acids is 1. The Morgan fingerprint density at radius 3 is 2.42 bits per heavy atom. The minimum atomic E-state index is 0.0311. The zero-order valence-electron chi connectivity index (χ0n) is 13.4. The predicted molar refractivity (Wildman–Crippen MR) is 80.9 cm³/mol. The van der Waals surface area contributed by atoms with E-state index < -0.39 is 0 Å². The lowest BCUT2D eigenvalue weighted by atomic mass is 9.99. The molecule has 0 aromatic heterocycles. The molecule has 0 aromatic carbocycles. The van der Waals surface area contributed by atoms with Crippen LogP contribution >= 0.6 is 0 Å². The lowest BCUT2D eigenvalue weighted by Gasteiger charge is -2.30. The minimum absolute atomic E-state index is 0.0311. The van der Waals surface area contributed by atoms with Crippen LogP contribution in [0.4, 0.5) is 0 Å². The van der Waals surface area contributed by atoms with Crippen LogP contribution in [-0.2, 0) is 4.79 Å². The van der Waals surface area contributed by atoms with Crippen LogP contribution in [0.25, 0.3) is 0 Å². The van der Waals surface area contributed by atoms with Gasteiger partial charge in [-0.1, -0.05) is 53.4 Å². The van der Waals surface area contributed by atoms with E-state index in [4.69, 9.17) is 0 Å². The molecule has 112 valence electrons. The van der Waals surface area contributed by atoms with Crippen LogP contribution < -0.4 is 5.32 Å². The highest BCUT2D eigenvalue weighted by Crippen LogP contribution is 2.24. The number of carbonyl (C=O) groups is 1. The van der Waals surface area contributed by atoms with Crippen LogP contribution in [0.3, 0.4) is 0 Å². The average Bonchev–Trinajstić information content (AvgIpc) is 2.75. The molecule has 1 saturated heterocycles. The number of rotatable bonds is 8. The van der Waals surface area contributed by atoms with Crippen LogP contribution in [0.15, 0.2) is 0 Å². The summed E-state index contributed by atoms with van der Waals surface area (Å²) >= 11 is 0. The molecule has 0 radical (unpaired) electrons. The first-order chi connectivity index (χ1) is 9.06. The van der Waals surface area contributed by atoms with Crippen molar-refractivity contribution < 1.29 is 4.79 Å². The molecule has 1 aliphatic heterocycles. The van der Waals surface area contributed by atoms with Gasteiger partial charge in [-0.15, -0.1) is 0 Å². The summed E-state index contributed by atoms with van der Waals surface area (Å²) in [5, 5.41) is 3.54. The van der Waals surface area contributed by atoms with E-state index in [1.807, 2.05) is 0 Å². The summed E-state index contributed by atoms with van der Waals surface area (Å²) in [5.41, 5.74) is 0. The third-order valence-electron chi connectivity index (χ3n) is 4.53. The summed E-state index contributed by atoms with van der Waals surface area (Å²) in [6, 6.07) is 0.397. The van der Waals surface area contributed by atoms with E-state index in [1.54, 1.807) is 0 Å². The van der Waals surface area contributed by atoms with Gasteiger partial charge in [0.2, 0.25) is 5.91 Å². The maximum Gasteiger partial charge on any atom is 0.241 e. The topological polar surface area (TPSA) is 32.3 Å². The first kappa shape index (κ1) is 16.5. The molecule has 1 rings (SSSR count). The van der Waals surface area contributed by atoms with E-state index in [1.165, 1.54) is 19.3 Å². The van der Waals surface area contributed by atoms with Gasteiger partial charge in [0, 0.05) is 6.04 Å². The summed E-state index contributed by atoms with van der Waals surface area (Å²) in [6.45, 7) is 10.9. The molecular weight excluding hydrogens is 236 g/mol. The standard InChI is InChI=1S/C16H32N2O/c1-6-9-10-11-13(5)18-14(8-3)17-15(16(18)19)12(4)7-2/h12-15,17H,6-11H2,1-5H3. The number of amides is 1. The monoisotopic (exact) mass is 268 g/mol. The second-order valence-corrected chi connectivity index (χ2v) is 6.04. The molecule has 4 unspecified atom stereocenters. The van der Waals surface area contributed by atoms with Crippen LogP contribution in [0.5, 0.6) is 0 Å². The first-order valence-corrected chi connectivity index (χ1v) is 8.14. The quantitative estimate of drug-likeness (QED) is 0.683. The zero-order chi connectivity index (χ0) is 14.4. The van der Waals surface area contributed by atoms with Crippen molar-refractivity contribution in [2.45, 2.75) is 91.4 Å². The second kappa shape index (κ2) is 7.88. The number of nitrogens with zero attached hydrogens (tertiary/aromatic N) is 1. The Morgan fingerprint density at radius 2 is 1.89 bits per heavy atom. The Balaban J connectivity index is 2.66. The van der Waals surface area contributed by atoms with Crippen molar-refractivity contribution in [1.29, 1.82) is 0 Å². The van der Waals surface area contributed by atoms with Gasteiger partial charge in [-0.2, -0.15) is 0 Å². The van der Waals surface area contributed by atoms with Crippen molar-refractivity contribution in [2.75, 3.05) is 0 Å². The fourth-order valence-corrected chi connectivity index (χ4v) is 2.98. The third kappa shape index (κ3) is 3.95. The predicted octanol–water partition coefficient (Wildman–Crippen LogP) is 3.54. The Hall–Kier alpha value is -0.570. The molecule has 0 saturated carbocycles. The average molecular weight is 268 g/mol. The SMILES string of the molecule is CCCCCC(C)N1C(=O)C(C(C)CC)NC1CC. The van der Waals surface area contributed by atoms with Gasteiger partial charge in [-0.05, 0) is 25.7 Å². The van der Waals surface area contributed by atoms with Crippen LogP contribution in [0, 0.1) is 5.92 Å². The van der Waals surface area contributed by atoms with Gasteiger partial charge >= 0.3 is 0 Å². The van der Waals surface area contributed by atoms with E-state index in [0.717, 1.165) is 19.3 Å². The smallest absolute Gasteiger partial charge is 0.241 e. The molecule has 1 heterocycles. The normalized spacial score (nSPS) is 26.8. The molecule has 0 aromatic rings. The van der Waals surface area contributed by atoms with Gasteiger partial charge in [-0.25, -0.2) is 0 Å². The summed E-state index contributed by atoms with van der Waals surface area (Å²) < 4.78 is 0. The van der Waals surface area contributed by atoms with Gasteiger partial charge in [0.15, 0.2) is 0 Å². The lowest BCUT2D eigenvalue weighted by Crippen LogP contribution is -2.42. The molecule has 19 heavy (non-hydrogen) atoms. The van der Waals surface area contributed by atoms with Crippen molar-refractivity contribution in [3.63, 3.8) is 0 Å². The van der Waals surface area contributed by atoms with Crippen molar-refractivity contribution in [1.82, 2.24) is 10.2 Å². The minimum Gasteiger partial charge on any atom is -0.323 e. The van der Waals surface area contributed by atoms with Gasteiger partial charge in [0.25, 0.3) is 0 Å². The third-order valence-corrected chi connectivity index (χ3v) is 4.53. The highest BCUT2D eigenvalue weighted by Gasteiger charge is 2.41. The molecule has 1 amide bonds. The van der Waals surface area contributed by atoms with E-state index in [2.05, 4.69) is 44.8 Å². The van der Waals surface area contributed by atoms with Crippen LogP contribution in [0.2, 0.25) is 0 Å². The van der Waals surface area contributed by atoms with Crippen molar-refractivity contribution in [2.24, 2.45) is 5.92 Å². The van der Waals surface area contributed by atoms with Gasteiger partial charge < -0.3 is 4.90 Å². The number of hydrogen-bond acceptors (Lipinski definition) is 2. The lowest BCUT2D eigenvalue weighted by molar-refractivity contribution is -0.133. The fourth-order valence-electron chi connectivity index (χ4n) is 2.98. The molecule has 1 aliphatic rings. The number of hydrogen-bond donors (Lipinski definition) is 1. The molecule has 1 N–H and O–H groups in total. The molecule has 0 spiro atoms. The fraction of sp³-hybridized carbons (Fsp3) is 0.938. The van der Waals surface area contributed by atoms with Crippen molar-refractivity contribution in [3.8, 4) is 0 Å². The Labute approximate surface area is 119 Å². The first-order valence-electron chi connectivity index (χ1n) is 8.14. The number of nitrogens with one attached hydrogen (secondary N) is 1. The van der Waals surface area contributed by atoms with Crippen molar-refractivity contribution in [3.05, 3.63) is 0 Å². The number of unbranched alkanes of at least 4 members (excludes halogenated alkanes) is 2. The van der Waals surface area contributed by atoms with Crippen molar-refractivity contribution >= 4 is 5.91 Å². The highest BCUT2D eigenvalue weighted by atomic mass is 16.2. The summed E-state index contributed by atoms with van der Waals surface area (Å²) in [7, 11) is 0. The molecule has 0 bridgehead atoms.